The first-order valence-electron chi connectivity index (χ1n) is 4.87. The Kier molecular flexibility index (Phi) is 4.02. The Hall–Kier alpha value is -1.88. The molecule has 0 unspecified atom stereocenters. The van der Waals surface area contributed by atoms with Crippen molar-refractivity contribution < 1.29 is 9.59 Å². The highest BCUT2D eigenvalue weighted by molar-refractivity contribution is 5.98. The number of amides is 2. The summed E-state index contributed by atoms with van der Waals surface area (Å²) in [4.78, 5) is 23.7. The summed E-state index contributed by atoms with van der Waals surface area (Å²) in [5.74, 6) is 0.00998. The van der Waals surface area contributed by atoms with Gasteiger partial charge in [0.15, 0.2) is 5.78 Å². The number of anilines is 1. The summed E-state index contributed by atoms with van der Waals surface area (Å²) in [6, 6.07) is 6.19. The minimum absolute atomic E-state index is 0.00998. The van der Waals surface area contributed by atoms with Crippen LogP contribution in [0.4, 0.5) is 10.5 Å². The van der Waals surface area contributed by atoms with E-state index >= 15 is 0 Å². The van der Waals surface area contributed by atoms with E-state index in [2.05, 4.69) is 5.32 Å². The molecule has 0 heterocycles. The highest BCUT2D eigenvalue weighted by Crippen LogP contribution is 2.13. The fourth-order valence-electron chi connectivity index (χ4n) is 1.26. The molecule has 0 saturated heterocycles. The van der Waals surface area contributed by atoms with E-state index in [1.807, 2.05) is 0 Å². The quantitative estimate of drug-likeness (QED) is 0.731. The van der Waals surface area contributed by atoms with Crippen LogP contribution in [-0.4, -0.2) is 32.5 Å². The zero-order valence-electron chi connectivity index (χ0n) is 9.36. The number of Topliss-reactive ketones (excluding diaryl/α,β-unsaturated/α-hetero) is 1. The Morgan fingerprint density at radius 2 is 1.88 bits per heavy atom. The van der Waals surface area contributed by atoms with Crippen molar-refractivity contribution in [2.75, 3.05) is 25.5 Å². The predicted octanol–water partition coefficient (Wildman–Crippen LogP) is 0.604. The van der Waals surface area contributed by atoms with Crippen LogP contribution >= 0.6 is 0 Å². The van der Waals surface area contributed by atoms with Crippen LogP contribution in [0.5, 0.6) is 0 Å². The van der Waals surface area contributed by atoms with Crippen molar-refractivity contribution in [3.05, 3.63) is 29.8 Å². The number of likely N-dealkylation sites (N-methyl/N-ethyl adjacent to an activating group) is 1. The Bertz CT molecular complexity index is 387. The van der Waals surface area contributed by atoms with Crippen molar-refractivity contribution in [1.82, 2.24) is 5.32 Å². The lowest BCUT2D eigenvalue weighted by molar-refractivity contribution is 0.0993. The number of nitrogens with one attached hydrogen (secondary N) is 1. The van der Waals surface area contributed by atoms with Crippen LogP contribution in [0.3, 0.4) is 0 Å². The molecule has 2 amide bonds. The summed E-state index contributed by atoms with van der Waals surface area (Å²) >= 11 is 0. The normalized spacial score (nSPS) is 9.88. The molecule has 16 heavy (non-hydrogen) atoms. The van der Waals surface area contributed by atoms with Crippen LogP contribution in [0.1, 0.15) is 10.4 Å². The number of rotatable bonds is 4. The van der Waals surface area contributed by atoms with Crippen LogP contribution in [0.15, 0.2) is 24.3 Å². The molecule has 0 aliphatic heterocycles. The number of primary amides is 1. The standard InChI is InChI=1S/C11H15N3O2/c1-13-7-10(15)8-3-5-9(6-4-8)14(2)11(12)16/h3-6,13H,7H2,1-2H3,(H2,12,16). The second-order valence-electron chi connectivity index (χ2n) is 3.40. The molecule has 0 aromatic heterocycles. The van der Waals surface area contributed by atoms with Crippen LogP contribution in [-0.2, 0) is 0 Å². The molecule has 1 rings (SSSR count). The van der Waals surface area contributed by atoms with Gasteiger partial charge in [-0.25, -0.2) is 4.79 Å². The third-order valence-electron chi connectivity index (χ3n) is 2.24. The van der Waals surface area contributed by atoms with E-state index in [1.165, 1.54) is 4.90 Å². The molecule has 0 fully saturated rings. The maximum atomic E-state index is 11.5. The molecule has 0 aliphatic rings. The maximum Gasteiger partial charge on any atom is 0.318 e. The zero-order valence-corrected chi connectivity index (χ0v) is 9.36. The fourth-order valence-corrected chi connectivity index (χ4v) is 1.26. The van der Waals surface area contributed by atoms with E-state index in [0.717, 1.165) is 0 Å². The van der Waals surface area contributed by atoms with Gasteiger partial charge >= 0.3 is 6.03 Å². The minimum Gasteiger partial charge on any atom is -0.351 e. The van der Waals surface area contributed by atoms with E-state index < -0.39 is 6.03 Å². The van der Waals surface area contributed by atoms with Gasteiger partial charge in [-0.05, 0) is 31.3 Å². The third-order valence-corrected chi connectivity index (χ3v) is 2.24. The molecule has 5 heteroatoms. The Morgan fingerprint density at radius 3 is 2.31 bits per heavy atom. The Labute approximate surface area is 94.2 Å². The number of carbonyl (C=O) groups is 2. The van der Waals surface area contributed by atoms with Crippen molar-refractivity contribution in [1.29, 1.82) is 0 Å². The number of carbonyl (C=O) groups excluding carboxylic acids is 2. The number of hydrogen-bond donors (Lipinski definition) is 2. The molecule has 1 aromatic rings. The van der Waals surface area contributed by atoms with Gasteiger partial charge in [-0.15, -0.1) is 0 Å². The lowest BCUT2D eigenvalue weighted by Crippen LogP contribution is -2.31. The number of nitrogens with zero attached hydrogens (tertiary/aromatic N) is 1. The number of urea groups is 1. The van der Waals surface area contributed by atoms with Gasteiger partial charge in [0.2, 0.25) is 0 Å². The molecule has 0 saturated carbocycles. The van der Waals surface area contributed by atoms with E-state index in [9.17, 15) is 9.59 Å². The van der Waals surface area contributed by atoms with Crippen LogP contribution in [0.25, 0.3) is 0 Å². The van der Waals surface area contributed by atoms with Gasteiger partial charge in [0.25, 0.3) is 0 Å². The van der Waals surface area contributed by atoms with Crippen molar-refractivity contribution in [3.63, 3.8) is 0 Å². The monoisotopic (exact) mass is 221 g/mol. The molecule has 3 N–H and O–H groups in total. The molecule has 0 radical (unpaired) electrons. The SMILES string of the molecule is CNCC(=O)c1ccc(N(C)C(N)=O)cc1. The highest BCUT2D eigenvalue weighted by atomic mass is 16.2. The molecule has 0 atom stereocenters. The molecular weight excluding hydrogens is 206 g/mol. The first-order valence-corrected chi connectivity index (χ1v) is 4.87. The van der Waals surface area contributed by atoms with Gasteiger partial charge in [-0.1, -0.05) is 0 Å². The summed E-state index contributed by atoms with van der Waals surface area (Å²) in [7, 11) is 3.29. The average molecular weight is 221 g/mol. The third kappa shape index (κ3) is 2.80. The molecule has 0 aliphatic carbocycles. The zero-order chi connectivity index (χ0) is 12.1. The number of hydrogen-bond acceptors (Lipinski definition) is 3. The number of benzene rings is 1. The number of nitrogens with two attached hydrogens (primary N) is 1. The smallest absolute Gasteiger partial charge is 0.318 e. The Balaban J connectivity index is 2.83. The van der Waals surface area contributed by atoms with Crippen LogP contribution in [0, 0.1) is 0 Å². The summed E-state index contributed by atoms with van der Waals surface area (Å²) in [6.45, 7) is 0.297. The molecule has 86 valence electrons. The molecule has 5 nitrogen and oxygen atoms in total. The second-order valence-corrected chi connectivity index (χ2v) is 3.40. The van der Waals surface area contributed by atoms with Crippen molar-refractivity contribution in [2.24, 2.45) is 5.73 Å². The van der Waals surface area contributed by atoms with Crippen LogP contribution in [0.2, 0.25) is 0 Å². The maximum absolute atomic E-state index is 11.5. The van der Waals surface area contributed by atoms with Gasteiger partial charge in [-0.2, -0.15) is 0 Å². The lowest BCUT2D eigenvalue weighted by Gasteiger charge is -2.14. The van der Waals surface area contributed by atoms with Gasteiger partial charge in [0.05, 0.1) is 6.54 Å². The topological polar surface area (TPSA) is 75.4 Å². The minimum atomic E-state index is -0.533. The summed E-state index contributed by atoms with van der Waals surface area (Å²) < 4.78 is 0. The highest BCUT2D eigenvalue weighted by Gasteiger charge is 2.08. The van der Waals surface area contributed by atoms with Gasteiger partial charge < -0.3 is 11.1 Å². The number of ketones is 1. The van der Waals surface area contributed by atoms with Crippen molar-refractivity contribution >= 4 is 17.5 Å². The molecule has 1 aromatic carbocycles. The van der Waals surface area contributed by atoms with Gasteiger partial charge in [-0.3, -0.25) is 9.69 Å². The second kappa shape index (κ2) is 5.27. The predicted molar refractivity (Wildman–Crippen MR) is 62.7 cm³/mol. The van der Waals surface area contributed by atoms with Gasteiger partial charge in [0.1, 0.15) is 0 Å². The van der Waals surface area contributed by atoms with Crippen molar-refractivity contribution in [3.8, 4) is 0 Å². The van der Waals surface area contributed by atoms with Gasteiger partial charge in [0, 0.05) is 18.3 Å². The molecular formula is C11H15N3O2. The fraction of sp³-hybridized carbons (Fsp3) is 0.273. The Morgan fingerprint density at radius 1 is 1.31 bits per heavy atom. The average Bonchev–Trinajstić information content (AvgIpc) is 2.28. The first kappa shape index (κ1) is 12.2. The lowest BCUT2D eigenvalue weighted by atomic mass is 10.1. The summed E-state index contributed by atoms with van der Waals surface area (Å²) in [5.41, 5.74) is 6.39. The largest absolute Gasteiger partial charge is 0.351 e. The van der Waals surface area contributed by atoms with E-state index in [1.54, 1.807) is 38.4 Å². The van der Waals surface area contributed by atoms with E-state index in [0.29, 0.717) is 17.8 Å². The van der Waals surface area contributed by atoms with E-state index in [-0.39, 0.29) is 5.78 Å². The summed E-state index contributed by atoms with van der Waals surface area (Å²) in [6.07, 6.45) is 0. The molecule has 0 bridgehead atoms. The van der Waals surface area contributed by atoms with Crippen LogP contribution < -0.4 is 16.0 Å². The summed E-state index contributed by atoms with van der Waals surface area (Å²) in [5, 5.41) is 2.79. The molecule has 0 spiro atoms. The van der Waals surface area contributed by atoms with E-state index in [4.69, 9.17) is 5.73 Å². The van der Waals surface area contributed by atoms with Crippen molar-refractivity contribution in [2.45, 2.75) is 0 Å². The first-order chi connectivity index (χ1) is 7.56.